The number of rotatable bonds is 6. The topological polar surface area (TPSA) is 140 Å². The van der Waals surface area contributed by atoms with Crippen LogP contribution >= 0.6 is 0 Å². The number of primary amides is 1. The number of carbonyl (C=O) groups excluding carboxylic acids is 2. The molecule has 2 fully saturated rings. The highest BCUT2D eigenvalue weighted by molar-refractivity contribution is 6.00. The van der Waals surface area contributed by atoms with Crippen molar-refractivity contribution < 1.29 is 14.3 Å². The van der Waals surface area contributed by atoms with E-state index in [0.29, 0.717) is 55.9 Å². The molecule has 2 aliphatic rings. The molecule has 3 aromatic rings. The minimum atomic E-state index is -0.643. The van der Waals surface area contributed by atoms with E-state index in [2.05, 4.69) is 10.3 Å². The highest BCUT2D eigenvalue weighted by atomic mass is 16.5. The molecule has 0 saturated carbocycles. The van der Waals surface area contributed by atoms with Crippen LogP contribution in [-0.2, 0) is 4.74 Å². The van der Waals surface area contributed by atoms with Crippen LogP contribution in [0.1, 0.15) is 39.1 Å². The highest BCUT2D eigenvalue weighted by Crippen LogP contribution is 2.33. The summed E-state index contributed by atoms with van der Waals surface area (Å²) in [5, 5.41) is 3.32. The Bertz CT molecular complexity index is 1330. The number of ether oxygens (including phenoxy) is 1. The number of nitrogens with zero attached hydrogens (tertiary/aromatic N) is 4. The van der Waals surface area contributed by atoms with Crippen LogP contribution in [-0.4, -0.2) is 72.1 Å². The lowest BCUT2D eigenvalue weighted by Gasteiger charge is -2.31. The third-order valence-electron chi connectivity index (χ3n) is 7.07. The van der Waals surface area contributed by atoms with Crippen LogP contribution in [0.4, 0.5) is 17.5 Å². The molecule has 0 unspecified atom stereocenters. The van der Waals surface area contributed by atoms with Crippen molar-refractivity contribution in [1.82, 2.24) is 14.9 Å². The minimum Gasteiger partial charge on any atom is -0.378 e. The predicted molar refractivity (Wildman–Crippen MR) is 147 cm³/mol. The van der Waals surface area contributed by atoms with Crippen LogP contribution in [0.5, 0.6) is 0 Å². The number of aromatic nitrogens is 2. The first-order valence-corrected chi connectivity index (χ1v) is 12.9. The van der Waals surface area contributed by atoms with Crippen LogP contribution in [0.25, 0.3) is 11.1 Å². The maximum absolute atomic E-state index is 13.5. The van der Waals surface area contributed by atoms with Gasteiger partial charge in [-0.15, -0.1) is 0 Å². The summed E-state index contributed by atoms with van der Waals surface area (Å²) in [6.07, 6.45) is 3.34. The average Bonchev–Trinajstić information content (AvgIpc) is 2.94. The summed E-state index contributed by atoms with van der Waals surface area (Å²) < 4.78 is 5.43. The molecule has 10 heteroatoms. The summed E-state index contributed by atoms with van der Waals surface area (Å²) in [5.41, 5.74) is 16.0. The molecule has 10 nitrogen and oxygen atoms in total. The van der Waals surface area contributed by atoms with Gasteiger partial charge in [-0.05, 0) is 48.6 Å². The Morgan fingerprint density at radius 3 is 2.58 bits per heavy atom. The highest BCUT2D eigenvalue weighted by Gasteiger charge is 2.24. The summed E-state index contributed by atoms with van der Waals surface area (Å²) in [6, 6.07) is 13.7. The van der Waals surface area contributed by atoms with Crippen molar-refractivity contribution in [2.75, 3.05) is 49.6 Å². The molecule has 198 valence electrons. The van der Waals surface area contributed by atoms with Crippen molar-refractivity contribution in [2.24, 2.45) is 11.5 Å². The first kappa shape index (κ1) is 25.6. The zero-order chi connectivity index (χ0) is 26.6. The number of amides is 2. The Hall–Kier alpha value is -4.02. The number of carbonyl (C=O) groups is 2. The molecule has 0 radical (unpaired) electrons. The first-order valence-electron chi connectivity index (χ1n) is 12.9. The minimum absolute atomic E-state index is 0.0399. The van der Waals surface area contributed by atoms with Gasteiger partial charge in [-0.1, -0.05) is 30.3 Å². The molecule has 1 aromatic heterocycles. The van der Waals surface area contributed by atoms with E-state index in [-0.39, 0.29) is 17.5 Å². The van der Waals surface area contributed by atoms with Gasteiger partial charge in [0.15, 0.2) is 0 Å². The SMILES string of the molecule is Cc1c(Nc2nc(N3CCC[C@H](N)C3)ncc2C(N)=O)cc(C(=O)N2CCOCC2)cc1-c1ccccc1. The van der Waals surface area contributed by atoms with Crippen molar-refractivity contribution in [3.05, 3.63) is 65.4 Å². The molecule has 0 bridgehead atoms. The van der Waals surface area contributed by atoms with Gasteiger partial charge in [0.1, 0.15) is 11.4 Å². The summed E-state index contributed by atoms with van der Waals surface area (Å²) in [6.45, 7) is 5.49. The lowest BCUT2D eigenvalue weighted by molar-refractivity contribution is 0.0303. The molecule has 0 spiro atoms. The Balaban J connectivity index is 1.57. The Labute approximate surface area is 222 Å². The molecule has 0 aliphatic carbocycles. The van der Waals surface area contributed by atoms with Gasteiger partial charge < -0.3 is 31.3 Å². The number of nitrogens with one attached hydrogen (secondary N) is 1. The van der Waals surface area contributed by atoms with Crippen molar-refractivity contribution >= 4 is 29.3 Å². The zero-order valence-corrected chi connectivity index (χ0v) is 21.5. The smallest absolute Gasteiger partial charge is 0.254 e. The third-order valence-corrected chi connectivity index (χ3v) is 7.07. The number of anilines is 3. The molecule has 2 amide bonds. The maximum Gasteiger partial charge on any atom is 0.254 e. The fourth-order valence-electron chi connectivity index (χ4n) is 4.95. The number of morpholine rings is 1. The molecule has 2 saturated heterocycles. The molecule has 2 aliphatic heterocycles. The van der Waals surface area contributed by atoms with E-state index in [9.17, 15) is 9.59 Å². The van der Waals surface area contributed by atoms with Gasteiger partial charge in [-0.3, -0.25) is 9.59 Å². The van der Waals surface area contributed by atoms with E-state index >= 15 is 0 Å². The monoisotopic (exact) mass is 515 g/mol. The largest absolute Gasteiger partial charge is 0.378 e. The molecule has 5 rings (SSSR count). The second-order valence-corrected chi connectivity index (χ2v) is 9.74. The lowest BCUT2D eigenvalue weighted by Crippen LogP contribution is -2.43. The third kappa shape index (κ3) is 5.46. The van der Waals surface area contributed by atoms with Crippen LogP contribution in [0, 0.1) is 6.92 Å². The summed E-state index contributed by atoms with van der Waals surface area (Å²) in [7, 11) is 0. The predicted octanol–water partition coefficient (Wildman–Crippen LogP) is 2.69. The van der Waals surface area contributed by atoms with Gasteiger partial charge in [0.05, 0.1) is 13.2 Å². The van der Waals surface area contributed by atoms with Crippen LogP contribution in [0.15, 0.2) is 48.7 Å². The molecule has 1 atom stereocenters. The standard InChI is InChI=1S/C28H33N7O3/c1-18-22(19-6-3-2-4-7-19)14-20(27(37)34-10-12-38-13-11-34)15-24(18)32-26-23(25(30)36)16-31-28(33-26)35-9-5-8-21(29)17-35/h2-4,6-7,14-16,21H,5,8-13,17,29H2,1H3,(H2,30,36)(H,31,32,33)/t21-/m0/s1. The number of piperidine rings is 1. The summed E-state index contributed by atoms with van der Waals surface area (Å²) >= 11 is 0. The van der Waals surface area contributed by atoms with Gasteiger partial charge in [0, 0.05) is 49.7 Å². The molecule has 5 N–H and O–H groups in total. The zero-order valence-electron chi connectivity index (χ0n) is 21.5. The molecule has 2 aromatic carbocycles. The molecule has 38 heavy (non-hydrogen) atoms. The van der Waals surface area contributed by atoms with Crippen molar-refractivity contribution in [3.8, 4) is 11.1 Å². The summed E-state index contributed by atoms with van der Waals surface area (Å²) in [5.74, 6) is 0.0547. The number of benzene rings is 2. The van der Waals surface area contributed by atoms with E-state index in [0.717, 1.165) is 36.1 Å². The Morgan fingerprint density at radius 1 is 1.11 bits per heavy atom. The number of hydrogen-bond donors (Lipinski definition) is 3. The van der Waals surface area contributed by atoms with E-state index in [1.54, 1.807) is 4.90 Å². The fraction of sp³-hybridized carbons (Fsp3) is 0.357. The van der Waals surface area contributed by atoms with Gasteiger partial charge >= 0.3 is 0 Å². The molecule has 3 heterocycles. The van der Waals surface area contributed by atoms with E-state index in [1.165, 1.54) is 6.20 Å². The fourth-order valence-corrected chi connectivity index (χ4v) is 4.95. The summed E-state index contributed by atoms with van der Waals surface area (Å²) in [4.78, 5) is 38.7. The van der Waals surface area contributed by atoms with E-state index in [4.69, 9.17) is 21.2 Å². The number of hydrogen-bond acceptors (Lipinski definition) is 8. The second kappa shape index (κ2) is 11.2. The van der Waals surface area contributed by atoms with Crippen molar-refractivity contribution in [3.63, 3.8) is 0 Å². The second-order valence-electron chi connectivity index (χ2n) is 9.74. The van der Waals surface area contributed by atoms with Crippen molar-refractivity contribution in [2.45, 2.75) is 25.8 Å². The normalized spacial score (nSPS) is 17.8. The van der Waals surface area contributed by atoms with Gasteiger partial charge in [0.2, 0.25) is 5.95 Å². The average molecular weight is 516 g/mol. The quantitative estimate of drug-likeness (QED) is 0.455. The Kier molecular flexibility index (Phi) is 7.52. The van der Waals surface area contributed by atoms with Crippen LogP contribution < -0.4 is 21.7 Å². The van der Waals surface area contributed by atoms with E-state index in [1.807, 2.05) is 54.3 Å². The van der Waals surface area contributed by atoms with Crippen molar-refractivity contribution in [1.29, 1.82) is 0 Å². The maximum atomic E-state index is 13.5. The van der Waals surface area contributed by atoms with Gasteiger partial charge in [-0.2, -0.15) is 4.98 Å². The van der Waals surface area contributed by atoms with Crippen LogP contribution in [0.3, 0.4) is 0 Å². The molecular weight excluding hydrogens is 482 g/mol. The van der Waals surface area contributed by atoms with E-state index < -0.39 is 5.91 Å². The Morgan fingerprint density at radius 2 is 1.87 bits per heavy atom. The lowest BCUT2D eigenvalue weighted by atomic mass is 9.95. The molecular formula is C28H33N7O3. The van der Waals surface area contributed by atoms with Crippen LogP contribution in [0.2, 0.25) is 0 Å². The number of nitrogens with two attached hydrogens (primary N) is 2. The first-order chi connectivity index (χ1) is 18.4. The van der Waals surface area contributed by atoms with Gasteiger partial charge in [-0.25, -0.2) is 4.98 Å². The van der Waals surface area contributed by atoms with Gasteiger partial charge in [0.25, 0.3) is 11.8 Å².